The van der Waals surface area contributed by atoms with Crippen molar-refractivity contribution in [1.82, 2.24) is 10.2 Å². The van der Waals surface area contributed by atoms with Crippen molar-refractivity contribution in [2.45, 2.75) is 36.3 Å². The summed E-state index contributed by atoms with van der Waals surface area (Å²) >= 11 is 2.72. The van der Waals surface area contributed by atoms with Crippen molar-refractivity contribution in [2.24, 2.45) is 0 Å². The number of carboxylic acid groups (broad SMARTS) is 1. The van der Waals surface area contributed by atoms with Gasteiger partial charge in [-0.15, -0.1) is 10.2 Å². The lowest BCUT2D eigenvalue weighted by Crippen LogP contribution is -2.10. The quantitative estimate of drug-likeness (QED) is 0.787. The Morgan fingerprint density at radius 3 is 2.93 bits per heavy atom. The van der Waals surface area contributed by atoms with Crippen LogP contribution < -0.4 is 0 Å². The molecule has 1 rings (SSSR count). The zero-order chi connectivity index (χ0) is 10.6. The minimum absolute atomic E-state index is 0.461. The van der Waals surface area contributed by atoms with E-state index >= 15 is 0 Å². The fraction of sp³-hybridized carbons (Fsp3) is 0.625. The average Bonchev–Trinajstić information content (AvgIpc) is 2.53. The van der Waals surface area contributed by atoms with Crippen LogP contribution in [0.15, 0.2) is 4.34 Å². The molecule has 0 amide bonds. The molecule has 78 valence electrons. The Morgan fingerprint density at radius 2 is 2.36 bits per heavy atom. The molecule has 1 N–H and O–H groups in total. The van der Waals surface area contributed by atoms with Crippen molar-refractivity contribution >= 4 is 29.1 Å². The van der Waals surface area contributed by atoms with Crippen molar-refractivity contribution in [2.75, 3.05) is 0 Å². The molecule has 0 aliphatic carbocycles. The molecule has 1 atom stereocenters. The van der Waals surface area contributed by atoms with Gasteiger partial charge in [0.05, 0.1) is 0 Å². The van der Waals surface area contributed by atoms with Gasteiger partial charge in [0.25, 0.3) is 0 Å². The van der Waals surface area contributed by atoms with Crippen LogP contribution in [0.5, 0.6) is 0 Å². The lowest BCUT2D eigenvalue weighted by molar-refractivity contribution is -0.136. The molecule has 0 fully saturated rings. The number of hydrogen-bond donors (Lipinski definition) is 1. The molecule has 1 aromatic rings. The Balaban J connectivity index is 2.55. The standard InChI is InChI=1S/C8H12N2O2S2/c1-3-4-6-9-10-8(14-6)13-5(2)7(11)12/h5H,3-4H2,1-2H3,(H,11,12). The van der Waals surface area contributed by atoms with E-state index in [1.54, 1.807) is 6.92 Å². The van der Waals surface area contributed by atoms with Crippen molar-refractivity contribution in [3.05, 3.63) is 5.01 Å². The number of nitrogens with zero attached hydrogens (tertiary/aromatic N) is 2. The van der Waals surface area contributed by atoms with Crippen LogP contribution in [0.25, 0.3) is 0 Å². The molecule has 1 unspecified atom stereocenters. The van der Waals surface area contributed by atoms with Gasteiger partial charge >= 0.3 is 5.97 Å². The SMILES string of the molecule is CCCc1nnc(SC(C)C(=O)O)s1. The summed E-state index contributed by atoms with van der Waals surface area (Å²) in [5.41, 5.74) is 0. The van der Waals surface area contributed by atoms with E-state index in [1.807, 2.05) is 0 Å². The van der Waals surface area contributed by atoms with E-state index in [9.17, 15) is 4.79 Å². The number of aryl methyl sites for hydroxylation is 1. The molecule has 0 bridgehead atoms. The monoisotopic (exact) mass is 232 g/mol. The van der Waals surface area contributed by atoms with Crippen LogP contribution in [0, 0.1) is 0 Å². The molecule has 0 aliphatic heterocycles. The van der Waals surface area contributed by atoms with E-state index in [0.717, 1.165) is 22.2 Å². The van der Waals surface area contributed by atoms with Gasteiger partial charge in [0.2, 0.25) is 0 Å². The van der Waals surface area contributed by atoms with E-state index in [4.69, 9.17) is 5.11 Å². The molecular formula is C8H12N2O2S2. The Kier molecular flexibility index (Phi) is 4.34. The third-order valence-electron chi connectivity index (χ3n) is 1.54. The highest BCUT2D eigenvalue weighted by Crippen LogP contribution is 2.26. The topological polar surface area (TPSA) is 63.1 Å². The molecule has 14 heavy (non-hydrogen) atoms. The van der Waals surface area contributed by atoms with Crippen molar-refractivity contribution in [1.29, 1.82) is 0 Å². The molecule has 0 spiro atoms. The lowest BCUT2D eigenvalue weighted by atomic mass is 10.4. The molecule has 6 heteroatoms. The smallest absolute Gasteiger partial charge is 0.316 e. The molecule has 0 radical (unpaired) electrons. The second-order valence-electron chi connectivity index (χ2n) is 2.81. The van der Waals surface area contributed by atoms with E-state index in [-0.39, 0.29) is 0 Å². The Labute approximate surface area is 90.7 Å². The maximum atomic E-state index is 10.6. The molecule has 0 aliphatic rings. The van der Waals surface area contributed by atoms with Crippen molar-refractivity contribution in [3.63, 3.8) is 0 Å². The van der Waals surface area contributed by atoms with Crippen LogP contribution in [0.1, 0.15) is 25.3 Å². The van der Waals surface area contributed by atoms with Gasteiger partial charge < -0.3 is 5.11 Å². The lowest BCUT2D eigenvalue weighted by Gasteiger charge is -1.99. The van der Waals surface area contributed by atoms with Crippen LogP contribution in [-0.4, -0.2) is 26.5 Å². The van der Waals surface area contributed by atoms with Crippen LogP contribution in [-0.2, 0) is 11.2 Å². The summed E-state index contributed by atoms with van der Waals surface area (Å²) in [7, 11) is 0. The third kappa shape index (κ3) is 3.26. The molecule has 0 saturated heterocycles. The van der Waals surface area contributed by atoms with Crippen molar-refractivity contribution < 1.29 is 9.90 Å². The van der Waals surface area contributed by atoms with Gasteiger partial charge in [-0.3, -0.25) is 4.79 Å². The summed E-state index contributed by atoms with van der Waals surface area (Å²) in [5, 5.41) is 17.1. The highest BCUT2D eigenvalue weighted by Gasteiger charge is 2.15. The van der Waals surface area contributed by atoms with Gasteiger partial charge in [0.15, 0.2) is 4.34 Å². The summed E-state index contributed by atoms with van der Waals surface area (Å²) in [6.07, 6.45) is 1.95. The van der Waals surface area contributed by atoms with Crippen LogP contribution in [0.3, 0.4) is 0 Å². The number of thioether (sulfide) groups is 1. The summed E-state index contributed by atoms with van der Waals surface area (Å²) in [6, 6.07) is 0. The highest BCUT2D eigenvalue weighted by molar-refractivity contribution is 8.02. The second kappa shape index (κ2) is 5.31. The minimum Gasteiger partial charge on any atom is -0.480 e. The van der Waals surface area contributed by atoms with Gasteiger partial charge in [-0.25, -0.2) is 0 Å². The van der Waals surface area contributed by atoms with Gasteiger partial charge in [-0.05, 0) is 13.3 Å². The van der Waals surface area contributed by atoms with Crippen LogP contribution >= 0.6 is 23.1 Å². The first-order valence-electron chi connectivity index (χ1n) is 4.35. The second-order valence-corrected chi connectivity index (χ2v) is 5.46. The Hall–Kier alpha value is -0.620. The molecular weight excluding hydrogens is 220 g/mol. The van der Waals surface area contributed by atoms with Gasteiger partial charge in [-0.2, -0.15) is 0 Å². The first-order chi connectivity index (χ1) is 6.63. The fourth-order valence-corrected chi connectivity index (χ4v) is 2.88. The normalized spacial score (nSPS) is 12.7. The predicted octanol–water partition coefficient (Wildman–Crippen LogP) is 2.06. The Morgan fingerprint density at radius 1 is 1.64 bits per heavy atom. The first-order valence-corrected chi connectivity index (χ1v) is 6.05. The maximum Gasteiger partial charge on any atom is 0.316 e. The number of carboxylic acids is 1. The molecule has 1 heterocycles. The number of aromatic nitrogens is 2. The summed E-state index contributed by atoms with van der Waals surface area (Å²) < 4.78 is 0.739. The van der Waals surface area contributed by atoms with E-state index in [1.165, 1.54) is 23.1 Å². The fourth-order valence-electron chi connectivity index (χ4n) is 0.802. The van der Waals surface area contributed by atoms with E-state index in [2.05, 4.69) is 17.1 Å². The first kappa shape index (κ1) is 11.5. The molecule has 0 aromatic carbocycles. The maximum absolute atomic E-state index is 10.6. The number of rotatable bonds is 5. The number of hydrogen-bond acceptors (Lipinski definition) is 5. The minimum atomic E-state index is -0.817. The summed E-state index contributed by atoms with van der Waals surface area (Å²) in [6.45, 7) is 3.72. The molecule has 1 aromatic heterocycles. The van der Waals surface area contributed by atoms with E-state index in [0.29, 0.717) is 0 Å². The summed E-state index contributed by atoms with van der Waals surface area (Å²) in [4.78, 5) is 10.6. The third-order valence-corrected chi connectivity index (χ3v) is 3.69. The number of carbonyl (C=O) groups is 1. The number of aliphatic carboxylic acids is 1. The largest absolute Gasteiger partial charge is 0.480 e. The van der Waals surface area contributed by atoms with Crippen LogP contribution in [0.2, 0.25) is 0 Å². The zero-order valence-electron chi connectivity index (χ0n) is 8.06. The van der Waals surface area contributed by atoms with Crippen molar-refractivity contribution in [3.8, 4) is 0 Å². The zero-order valence-corrected chi connectivity index (χ0v) is 9.69. The summed E-state index contributed by atoms with van der Waals surface area (Å²) in [5.74, 6) is -0.817. The average molecular weight is 232 g/mol. The van der Waals surface area contributed by atoms with Crippen LogP contribution in [0.4, 0.5) is 0 Å². The van der Waals surface area contributed by atoms with Gasteiger partial charge in [0.1, 0.15) is 10.3 Å². The Bertz CT molecular complexity index is 314. The van der Waals surface area contributed by atoms with Gasteiger partial charge in [-0.1, -0.05) is 30.0 Å². The predicted molar refractivity (Wildman–Crippen MR) is 56.9 cm³/mol. The molecule has 4 nitrogen and oxygen atoms in total. The van der Waals surface area contributed by atoms with Gasteiger partial charge in [0, 0.05) is 6.42 Å². The van der Waals surface area contributed by atoms with E-state index < -0.39 is 11.2 Å². The highest BCUT2D eigenvalue weighted by atomic mass is 32.2. The molecule has 0 saturated carbocycles.